The van der Waals surface area contributed by atoms with E-state index in [1.807, 2.05) is 0 Å². The van der Waals surface area contributed by atoms with Crippen molar-refractivity contribution in [1.29, 1.82) is 0 Å². The van der Waals surface area contributed by atoms with E-state index in [9.17, 15) is 24.0 Å². The molecule has 170 valence electrons. The summed E-state index contributed by atoms with van der Waals surface area (Å²) < 4.78 is 0. The zero-order valence-corrected chi connectivity index (χ0v) is 17.0. The summed E-state index contributed by atoms with van der Waals surface area (Å²) in [6.45, 7) is 3.16. The van der Waals surface area contributed by atoms with Crippen LogP contribution in [-0.2, 0) is 24.0 Å². The van der Waals surface area contributed by atoms with Crippen molar-refractivity contribution in [2.75, 3.05) is 13.2 Å². The number of hydrogen-bond donors (Lipinski definition) is 6. The van der Waals surface area contributed by atoms with Crippen LogP contribution in [0.2, 0.25) is 0 Å². The van der Waals surface area contributed by atoms with Gasteiger partial charge in [0.15, 0.2) is 0 Å². The number of nitrogens with two attached hydrogens (primary N) is 1. The number of rotatable bonds is 11. The Morgan fingerprint density at radius 2 is 1.80 bits per heavy atom. The van der Waals surface area contributed by atoms with Gasteiger partial charge in [0.05, 0.1) is 13.0 Å². The van der Waals surface area contributed by atoms with Crippen LogP contribution in [0.15, 0.2) is 0 Å². The lowest BCUT2D eigenvalue weighted by atomic mass is 9.97. The molecular weight excluding hydrogens is 400 g/mol. The summed E-state index contributed by atoms with van der Waals surface area (Å²) in [6.07, 6.45) is 0.549. The van der Waals surface area contributed by atoms with E-state index in [2.05, 4.69) is 10.6 Å². The minimum Gasteiger partial charge on any atom is -0.481 e. The van der Waals surface area contributed by atoms with E-state index in [4.69, 9.17) is 21.1 Å². The maximum absolute atomic E-state index is 12.8. The number of nitrogens with zero attached hydrogens (tertiary/aromatic N) is 1. The van der Waals surface area contributed by atoms with Crippen molar-refractivity contribution in [3.63, 3.8) is 0 Å². The Bertz CT molecular complexity index is 671. The van der Waals surface area contributed by atoms with E-state index in [0.717, 1.165) is 0 Å². The smallest absolute Gasteiger partial charge is 0.326 e. The number of carboxylic acid groups (broad SMARTS) is 2. The number of hydrogen-bond acceptors (Lipinski definition) is 7. The Kier molecular flexibility index (Phi) is 9.66. The van der Waals surface area contributed by atoms with Crippen molar-refractivity contribution in [2.45, 2.75) is 63.7 Å². The SMILES string of the molecule is CCC(C)C(NC(=O)C1CCCN1C(=O)C(N)CO)C(=O)NC(CC(=O)O)C(=O)O. The fourth-order valence-electron chi connectivity index (χ4n) is 3.18. The molecule has 1 aliphatic heterocycles. The van der Waals surface area contributed by atoms with E-state index < -0.39 is 72.8 Å². The molecular formula is C18H30N4O8. The number of aliphatic hydroxyl groups excluding tert-OH is 1. The molecule has 1 aliphatic rings. The second-order valence-electron chi connectivity index (χ2n) is 7.35. The van der Waals surface area contributed by atoms with Gasteiger partial charge in [-0.05, 0) is 18.8 Å². The molecule has 12 heteroatoms. The topological polar surface area (TPSA) is 199 Å². The van der Waals surface area contributed by atoms with Gasteiger partial charge in [-0.3, -0.25) is 19.2 Å². The largest absolute Gasteiger partial charge is 0.481 e. The minimum atomic E-state index is -1.65. The van der Waals surface area contributed by atoms with Gasteiger partial charge in [0, 0.05) is 6.54 Å². The molecule has 0 spiro atoms. The van der Waals surface area contributed by atoms with Crippen LogP contribution in [0.1, 0.15) is 39.5 Å². The molecule has 0 aromatic carbocycles. The number of nitrogens with one attached hydrogen (secondary N) is 2. The fourth-order valence-corrected chi connectivity index (χ4v) is 3.18. The predicted octanol–water partition coefficient (Wildman–Crippen LogP) is -2.13. The summed E-state index contributed by atoms with van der Waals surface area (Å²) in [4.78, 5) is 61.1. The zero-order chi connectivity index (χ0) is 23.0. The molecule has 1 fully saturated rings. The van der Waals surface area contributed by atoms with Crippen LogP contribution in [-0.4, -0.2) is 87.2 Å². The lowest BCUT2D eigenvalue weighted by molar-refractivity contribution is -0.147. The van der Waals surface area contributed by atoms with E-state index in [1.54, 1.807) is 13.8 Å². The van der Waals surface area contributed by atoms with Crippen molar-refractivity contribution in [1.82, 2.24) is 15.5 Å². The molecule has 1 saturated heterocycles. The van der Waals surface area contributed by atoms with Crippen LogP contribution in [0.3, 0.4) is 0 Å². The number of carbonyl (C=O) groups is 5. The first-order valence-corrected chi connectivity index (χ1v) is 9.75. The van der Waals surface area contributed by atoms with Crippen molar-refractivity contribution >= 4 is 29.7 Å². The van der Waals surface area contributed by atoms with Crippen LogP contribution in [0, 0.1) is 5.92 Å². The summed E-state index contributed by atoms with van der Waals surface area (Å²) in [5.74, 6) is -5.30. The van der Waals surface area contributed by atoms with Gasteiger partial charge < -0.3 is 36.6 Å². The van der Waals surface area contributed by atoms with Crippen molar-refractivity contribution in [3.8, 4) is 0 Å². The van der Waals surface area contributed by atoms with Crippen LogP contribution < -0.4 is 16.4 Å². The summed E-state index contributed by atoms with van der Waals surface area (Å²) in [5.41, 5.74) is 5.56. The van der Waals surface area contributed by atoms with Gasteiger partial charge in [-0.25, -0.2) is 4.79 Å². The normalized spacial score (nSPS) is 20.0. The van der Waals surface area contributed by atoms with Gasteiger partial charge in [-0.1, -0.05) is 20.3 Å². The highest BCUT2D eigenvalue weighted by molar-refractivity contribution is 5.95. The molecule has 0 saturated carbocycles. The third kappa shape index (κ3) is 6.66. The Labute approximate surface area is 173 Å². The van der Waals surface area contributed by atoms with E-state index in [-0.39, 0.29) is 6.54 Å². The Morgan fingerprint density at radius 3 is 2.30 bits per heavy atom. The number of aliphatic carboxylic acids is 2. The monoisotopic (exact) mass is 430 g/mol. The van der Waals surface area contributed by atoms with Crippen LogP contribution in [0.5, 0.6) is 0 Å². The van der Waals surface area contributed by atoms with Crippen molar-refractivity contribution in [3.05, 3.63) is 0 Å². The van der Waals surface area contributed by atoms with Crippen molar-refractivity contribution in [2.24, 2.45) is 11.7 Å². The molecule has 7 N–H and O–H groups in total. The molecule has 1 heterocycles. The average molecular weight is 430 g/mol. The molecule has 0 aromatic rings. The van der Waals surface area contributed by atoms with Crippen molar-refractivity contribution < 1.29 is 39.3 Å². The molecule has 5 atom stereocenters. The Balaban J connectivity index is 2.94. The highest BCUT2D eigenvalue weighted by Gasteiger charge is 2.38. The quantitative estimate of drug-likeness (QED) is 0.212. The number of aliphatic hydroxyl groups is 1. The van der Waals surface area contributed by atoms with Gasteiger partial charge >= 0.3 is 11.9 Å². The van der Waals surface area contributed by atoms with E-state index in [1.165, 1.54) is 4.90 Å². The van der Waals surface area contributed by atoms with E-state index >= 15 is 0 Å². The first-order valence-electron chi connectivity index (χ1n) is 9.75. The second kappa shape index (κ2) is 11.5. The summed E-state index contributed by atoms with van der Waals surface area (Å²) in [7, 11) is 0. The third-order valence-corrected chi connectivity index (χ3v) is 5.14. The van der Waals surface area contributed by atoms with Gasteiger partial charge in [-0.2, -0.15) is 0 Å². The van der Waals surface area contributed by atoms with Gasteiger partial charge in [0.1, 0.15) is 24.2 Å². The molecule has 12 nitrogen and oxygen atoms in total. The van der Waals surface area contributed by atoms with E-state index in [0.29, 0.717) is 19.3 Å². The average Bonchev–Trinajstić information content (AvgIpc) is 3.18. The first-order chi connectivity index (χ1) is 14.0. The van der Waals surface area contributed by atoms with Crippen LogP contribution >= 0.6 is 0 Å². The molecule has 3 amide bonds. The lowest BCUT2D eigenvalue weighted by Gasteiger charge is -2.30. The number of carboxylic acids is 2. The molecule has 1 rings (SSSR count). The zero-order valence-electron chi connectivity index (χ0n) is 17.0. The highest BCUT2D eigenvalue weighted by atomic mass is 16.4. The second-order valence-corrected chi connectivity index (χ2v) is 7.35. The number of carbonyl (C=O) groups excluding carboxylic acids is 3. The van der Waals surface area contributed by atoms with Crippen LogP contribution in [0.4, 0.5) is 0 Å². The fraction of sp³-hybridized carbons (Fsp3) is 0.722. The Morgan fingerprint density at radius 1 is 1.17 bits per heavy atom. The molecule has 0 radical (unpaired) electrons. The van der Waals surface area contributed by atoms with Crippen LogP contribution in [0.25, 0.3) is 0 Å². The predicted molar refractivity (Wildman–Crippen MR) is 103 cm³/mol. The van der Waals surface area contributed by atoms with Gasteiger partial charge in [0.25, 0.3) is 0 Å². The van der Waals surface area contributed by atoms with Gasteiger partial charge in [-0.15, -0.1) is 0 Å². The maximum Gasteiger partial charge on any atom is 0.326 e. The maximum atomic E-state index is 12.8. The summed E-state index contributed by atoms with van der Waals surface area (Å²) in [5, 5.41) is 31.8. The number of amides is 3. The third-order valence-electron chi connectivity index (χ3n) is 5.14. The standard InChI is InChI=1S/C18H30N4O8/c1-3-9(2)14(16(27)20-11(18(29)30)7-13(24)25)21-15(26)12-5-4-6-22(12)17(28)10(19)8-23/h9-12,14,23H,3-8,19H2,1-2H3,(H,20,27)(H,21,26)(H,24,25)(H,29,30). The minimum absolute atomic E-state index is 0.282. The molecule has 0 aliphatic carbocycles. The van der Waals surface area contributed by atoms with Gasteiger partial charge in [0.2, 0.25) is 17.7 Å². The number of likely N-dealkylation sites (tertiary alicyclic amines) is 1. The highest BCUT2D eigenvalue weighted by Crippen LogP contribution is 2.19. The molecule has 30 heavy (non-hydrogen) atoms. The first kappa shape index (κ1) is 25.3. The Hall–Kier alpha value is -2.73. The summed E-state index contributed by atoms with van der Waals surface area (Å²) in [6, 6.07) is -4.80. The summed E-state index contributed by atoms with van der Waals surface area (Å²) >= 11 is 0. The lowest BCUT2D eigenvalue weighted by Crippen LogP contribution is -2.58. The molecule has 0 aromatic heterocycles. The molecule has 0 bridgehead atoms. The molecule has 5 unspecified atom stereocenters.